The predicted molar refractivity (Wildman–Crippen MR) is 84.9 cm³/mol. The maximum atomic E-state index is 5.68. The van der Waals surface area contributed by atoms with E-state index in [1.165, 1.54) is 0 Å². The second kappa shape index (κ2) is 10.8. The zero-order valence-electron chi connectivity index (χ0n) is 11.6. The molecule has 0 radical (unpaired) electrons. The van der Waals surface area contributed by atoms with Crippen molar-refractivity contribution in [3.05, 3.63) is 0 Å². The van der Waals surface area contributed by atoms with Crippen molar-refractivity contribution in [3.8, 4) is 0 Å². The maximum absolute atomic E-state index is 5.68. The molecule has 0 aromatic heterocycles. The summed E-state index contributed by atoms with van der Waals surface area (Å²) in [5.74, 6) is 0.941. The molecule has 0 aliphatic carbocycles. The van der Waals surface area contributed by atoms with Gasteiger partial charge in [-0.3, -0.25) is 4.99 Å². The van der Waals surface area contributed by atoms with Crippen LogP contribution in [-0.4, -0.2) is 64.0 Å². The number of rotatable bonds is 6. The number of hydrogen-bond acceptors (Lipinski definition) is 3. The van der Waals surface area contributed by atoms with Crippen LogP contribution >= 0.6 is 24.0 Å². The number of nitrogens with one attached hydrogen (secondary N) is 1. The molecule has 18 heavy (non-hydrogen) atoms. The van der Waals surface area contributed by atoms with Gasteiger partial charge in [-0.1, -0.05) is 0 Å². The first-order valence-electron chi connectivity index (χ1n) is 6.39. The Morgan fingerprint density at radius 2 is 2.28 bits per heavy atom. The third kappa shape index (κ3) is 7.38. The van der Waals surface area contributed by atoms with Crippen molar-refractivity contribution in [2.45, 2.75) is 25.9 Å². The van der Waals surface area contributed by atoms with E-state index in [2.05, 4.69) is 17.2 Å². The molecule has 6 heteroatoms. The molecule has 1 aliphatic rings. The van der Waals surface area contributed by atoms with Gasteiger partial charge in [0.2, 0.25) is 0 Å². The van der Waals surface area contributed by atoms with Gasteiger partial charge < -0.3 is 19.7 Å². The average molecular weight is 371 g/mol. The fraction of sp³-hybridized carbons (Fsp3) is 0.917. The van der Waals surface area contributed by atoms with E-state index in [1.807, 2.05) is 19.0 Å². The first kappa shape index (κ1) is 17.9. The first-order chi connectivity index (χ1) is 8.24. The minimum absolute atomic E-state index is 0. The lowest BCUT2D eigenvalue weighted by molar-refractivity contribution is 0.0424. The van der Waals surface area contributed by atoms with Crippen LogP contribution in [0.3, 0.4) is 0 Å². The maximum Gasteiger partial charge on any atom is 0.193 e. The van der Waals surface area contributed by atoms with Gasteiger partial charge in [0.1, 0.15) is 0 Å². The van der Waals surface area contributed by atoms with Gasteiger partial charge in [0.15, 0.2) is 5.96 Å². The van der Waals surface area contributed by atoms with Gasteiger partial charge in [-0.15, -0.1) is 24.0 Å². The summed E-state index contributed by atoms with van der Waals surface area (Å²) in [6, 6.07) is 0. The molecule has 0 amide bonds. The van der Waals surface area contributed by atoms with Crippen LogP contribution in [0.25, 0.3) is 0 Å². The summed E-state index contributed by atoms with van der Waals surface area (Å²) in [6.07, 6.45) is 2.30. The molecule has 1 atom stereocenters. The molecule has 1 rings (SSSR count). The zero-order valence-corrected chi connectivity index (χ0v) is 14.0. The summed E-state index contributed by atoms with van der Waals surface area (Å²) >= 11 is 0. The molecule has 1 heterocycles. The zero-order chi connectivity index (χ0) is 12.5. The van der Waals surface area contributed by atoms with Crippen molar-refractivity contribution in [2.75, 3.05) is 47.0 Å². The lowest BCUT2D eigenvalue weighted by Gasteiger charge is -2.16. The van der Waals surface area contributed by atoms with E-state index in [9.17, 15) is 0 Å². The van der Waals surface area contributed by atoms with Gasteiger partial charge in [0.05, 0.1) is 12.7 Å². The highest BCUT2D eigenvalue weighted by Gasteiger charge is 2.15. The van der Waals surface area contributed by atoms with Crippen LogP contribution in [0.2, 0.25) is 0 Å². The lowest BCUT2D eigenvalue weighted by Crippen LogP contribution is -2.36. The molecule has 0 saturated carbocycles. The van der Waals surface area contributed by atoms with Gasteiger partial charge in [-0.2, -0.15) is 0 Å². The Labute approximate surface area is 127 Å². The Hall–Kier alpha value is -0.0800. The van der Waals surface area contributed by atoms with Crippen LogP contribution in [0.15, 0.2) is 4.99 Å². The van der Waals surface area contributed by atoms with Crippen LogP contribution in [0.5, 0.6) is 0 Å². The molecule has 1 saturated heterocycles. The Kier molecular flexibility index (Phi) is 10.8. The van der Waals surface area contributed by atoms with E-state index in [4.69, 9.17) is 9.47 Å². The minimum atomic E-state index is 0. The quantitative estimate of drug-likeness (QED) is 0.331. The molecular weight excluding hydrogens is 345 g/mol. The molecule has 1 aliphatic heterocycles. The summed E-state index contributed by atoms with van der Waals surface area (Å²) < 4.78 is 10.9. The predicted octanol–water partition coefficient (Wildman–Crippen LogP) is 1.33. The van der Waals surface area contributed by atoms with Crippen molar-refractivity contribution in [3.63, 3.8) is 0 Å². The van der Waals surface area contributed by atoms with Crippen molar-refractivity contribution >= 4 is 29.9 Å². The van der Waals surface area contributed by atoms with E-state index in [0.29, 0.717) is 6.10 Å². The second-order valence-corrected chi connectivity index (χ2v) is 4.34. The summed E-state index contributed by atoms with van der Waals surface area (Å²) in [4.78, 5) is 6.49. The molecule has 1 unspecified atom stereocenters. The third-order valence-electron chi connectivity index (χ3n) is 2.56. The van der Waals surface area contributed by atoms with Crippen LogP contribution in [0.4, 0.5) is 0 Å². The third-order valence-corrected chi connectivity index (χ3v) is 2.56. The highest BCUT2D eigenvalue weighted by Crippen LogP contribution is 2.08. The number of nitrogens with zero attached hydrogens (tertiary/aromatic N) is 2. The molecule has 0 aromatic carbocycles. The molecule has 0 bridgehead atoms. The van der Waals surface area contributed by atoms with Crippen LogP contribution in [0, 0.1) is 0 Å². The molecule has 1 N–H and O–H groups in total. The highest BCUT2D eigenvalue weighted by molar-refractivity contribution is 14.0. The summed E-state index contributed by atoms with van der Waals surface area (Å²) in [5.41, 5.74) is 0. The monoisotopic (exact) mass is 371 g/mol. The SMILES string of the molecule is CCNC(=NCCCOC1CCOC1)N(C)C.I. The van der Waals surface area contributed by atoms with E-state index >= 15 is 0 Å². The minimum Gasteiger partial charge on any atom is -0.379 e. The number of aliphatic imine (C=N–C) groups is 1. The number of guanidine groups is 1. The van der Waals surface area contributed by atoms with Gasteiger partial charge in [-0.25, -0.2) is 0 Å². The van der Waals surface area contributed by atoms with Gasteiger partial charge in [0, 0.05) is 40.4 Å². The first-order valence-corrected chi connectivity index (χ1v) is 6.39. The van der Waals surface area contributed by atoms with Crippen LogP contribution in [0.1, 0.15) is 19.8 Å². The van der Waals surface area contributed by atoms with E-state index in [-0.39, 0.29) is 24.0 Å². The standard InChI is InChI=1S/C12H25N3O2.HI/c1-4-13-12(15(2)3)14-7-5-8-17-11-6-9-16-10-11;/h11H,4-10H2,1-3H3,(H,13,14);1H. The Morgan fingerprint density at radius 3 is 2.83 bits per heavy atom. The Bertz CT molecular complexity index is 231. The average Bonchev–Trinajstić information content (AvgIpc) is 2.80. The van der Waals surface area contributed by atoms with Gasteiger partial charge >= 0.3 is 0 Å². The Morgan fingerprint density at radius 1 is 1.50 bits per heavy atom. The molecule has 5 nitrogen and oxygen atoms in total. The molecular formula is C12H26IN3O2. The topological polar surface area (TPSA) is 46.1 Å². The Balaban J connectivity index is 0.00000289. The van der Waals surface area contributed by atoms with Crippen molar-refractivity contribution in [2.24, 2.45) is 4.99 Å². The van der Waals surface area contributed by atoms with Crippen LogP contribution < -0.4 is 5.32 Å². The normalized spacial score (nSPS) is 19.5. The second-order valence-electron chi connectivity index (χ2n) is 4.34. The van der Waals surface area contributed by atoms with Crippen molar-refractivity contribution < 1.29 is 9.47 Å². The van der Waals surface area contributed by atoms with E-state index in [0.717, 1.165) is 51.7 Å². The van der Waals surface area contributed by atoms with Crippen LogP contribution in [-0.2, 0) is 9.47 Å². The smallest absolute Gasteiger partial charge is 0.193 e. The van der Waals surface area contributed by atoms with Gasteiger partial charge in [0.25, 0.3) is 0 Å². The molecule has 1 fully saturated rings. The molecule has 0 spiro atoms. The highest BCUT2D eigenvalue weighted by atomic mass is 127. The summed E-state index contributed by atoms with van der Waals surface area (Å²) in [7, 11) is 3.99. The largest absolute Gasteiger partial charge is 0.379 e. The molecule has 0 aromatic rings. The fourth-order valence-electron chi connectivity index (χ4n) is 1.66. The number of hydrogen-bond donors (Lipinski definition) is 1. The van der Waals surface area contributed by atoms with Crippen molar-refractivity contribution in [1.82, 2.24) is 10.2 Å². The van der Waals surface area contributed by atoms with E-state index < -0.39 is 0 Å². The number of ether oxygens (including phenoxy) is 2. The lowest BCUT2D eigenvalue weighted by atomic mass is 10.3. The summed E-state index contributed by atoms with van der Waals surface area (Å²) in [5, 5.41) is 3.23. The number of halogens is 1. The fourth-order valence-corrected chi connectivity index (χ4v) is 1.66. The van der Waals surface area contributed by atoms with Crippen molar-refractivity contribution in [1.29, 1.82) is 0 Å². The summed E-state index contributed by atoms with van der Waals surface area (Å²) in [6.45, 7) is 6.13. The van der Waals surface area contributed by atoms with Gasteiger partial charge in [-0.05, 0) is 19.8 Å². The van der Waals surface area contributed by atoms with E-state index in [1.54, 1.807) is 0 Å². The molecule has 108 valence electrons.